The Bertz CT molecular complexity index is 556. The van der Waals surface area contributed by atoms with Crippen molar-refractivity contribution in [2.75, 3.05) is 10.6 Å². The Labute approximate surface area is 101 Å². The molecule has 2 N–H and O–H groups in total. The lowest BCUT2D eigenvalue weighted by molar-refractivity contribution is 0.380. The molecule has 0 amide bonds. The highest BCUT2D eigenvalue weighted by Crippen LogP contribution is 2.33. The van der Waals surface area contributed by atoms with Gasteiger partial charge < -0.3 is 10.6 Å². The summed E-state index contributed by atoms with van der Waals surface area (Å²) in [6.45, 7) is 4.54. The zero-order chi connectivity index (χ0) is 12.0. The van der Waals surface area contributed by atoms with E-state index in [1.807, 2.05) is 12.3 Å². The number of nitrogens with two attached hydrogens (primary N) is 1. The van der Waals surface area contributed by atoms with Crippen LogP contribution in [0.2, 0.25) is 0 Å². The molecule has 0 spiro atoms. The molecule has 1 aliphatic rings. The quantitative estimate of drug-likeness (QED) is 0.814. The first-order valence-electron chi connectivity index (χ1n) is 6.09. The van der Waals surface area contributed by atoms with Gasteiger partial charge in [0.1, 0.15) is 5.82 Å². The molecule has 0 bridgehead atoms. The number of fused-ring (bicyclic) bond motifs is 1. The minimum absolute atomic E-state index is 0.580. The van der Waals surface area contributed by atoms with E-state index in [0.717, 1.165) is 10.8 Å². The Hall–Kier alpha value is -1.77. The van der Waals surface area contributed by atoms with Crippen LogP contribution in [-0.2, 0) is 0 Å². The molecule has 17 heavy (non-hydrogen) atoms. The van der Waals surface area contributed by atoms with Gasteiger partial charge >= 0.3 is 0 Å². The number of pyridine rings is 1. The SMILES string of the molecule is CC1CC(C)N1c1ccc2cc(N)ncc2c1. The predicted molar refractivity (Wildman–Crippen MR) is 72.2 cm³/mol. The summed E-state index contributed by atoms with van der Waals surface area (Å²) in [5.41, 5.74) is 6.97. The third-order valence-electron chi connectivity index (χ3n) is 3.66. The van der Waals surface area contributed by atoms with E-state index in [-0.39, 0.29) is 0 Å². The lowest BCUT2D eigenvalue weighted by Crippen LogP contribution is -2.53. The average Bonchev–Trinajstić information content (AvgIpc) is 2.29. The second-order valence-corrected chi connectivity index (χ2v) is 4.98. The maximum atomic E-state index is 5.68. The predicted octanol–water partition coefficient (Wildman–Crippen LogP) is 2.80. The number of aromatic nitrogens is 1. The monoisotopic (exact) mass is 227 g/mol. The molecular weight excluding hydrogens is 210 g/mol. The number of anilines is 2. The smallest absolute Gasteiger partial charge is 0.123 e. The molecule has 88 valence electrons. The zero-order valence-electron chi connectivity index (χ0n) is 10.2. The molecule has 1 saturated heterocycles. The van der Waals surface area contributed by atoms with Crippen molar-refractivity contribution in [3.8, 4) is 0 Å². The van der Waals surface area contributed by atoms with Crippen LogP contribution in [0.25, 0.3) is 10.8 Å². The Balaban J connectivity index is 2.05. The Morgan fingerprint density at radius 1 is 1.18 bits per heavy atom. The molecule has 0 aliphatic carbocycles. The van der Waals surface area contributed by atoms with Crippen molar-refractivity contribution >= 4 is 22.3 Å². The van der Waals surface area contributed by atoms with Crippen LogP contribution in [0.5, 0.6) is 0 Å². The second kappa shape index (κ2) is 3.62. The fourth-order valence-corrected chi connectivity index (χ4v) is 2.83. The molecule has 1 aromatic carbocycles. The summed E-state index contributed by atoms with van der Waals surface area (Å²) in [5.74, 6) is 0.580. The van der Waals surface area contributed by atoms with E-state index < -0.39 is 0 Å². The van der Waals surface area contributed by atoms with E-state index in [2.05, 4.69) is 41.9 Å². The number of nitrogens with zero attached hydrogens (tertiary/aromatic N) is 2. The molecule has 3 heteroatoms. The minimum Gasteiger partial charge on any atom is -0.384 e. The maximum absolute atomic E-state index is 5.68. The van der Waals surface area contributed by atoms with Crippen molar-refractivity contribution in [3.05, 3.63) is 30.5 Å². The van der Waals surface area contributed by atoms with Gasteiger partial charge in [-0.05, 0) is 43.9 Å². The van der Waals surface area contributed by atoms with E-state index in [1.54, 1.807) is 0 Å². The zero-order valence-corrected chi connectivity index (χ0v) is 10.2. The van der Waals surface area contributed by atoms with Crippen LogP contribution in [0.1, 0.15) is 20.3 Å². The normalized spacial score (nSPS) is 23.8. The number of rotatable bonds is 1. The number of hydrogen-bond donors (Lipinski definition) is 1. The van der Waals surface area contributed by atoms with Crippen LogP contribution in [0.4, 0.5) is 11.5 Å². The highest BCUT2D eigenvalue weighted by atomic mass is 15.2. The van der Waals surface area contributed by atoms with Gasteiger partial charge in [0.2, 0.25) is 0 Å². The van der Waals surface area contributed by atoms with Gasteiger partial charge in [-0.25, -0.2) is 4.98 Å². The van der Waals surface area contributed by atoms with E-state index in [9.17, 15) is 0 Å². The molecule has 2 aromatic rings. The summed E-state index contributed by atoms with van der Waals surface area (Å²) in [6, 6.07) is 9.71. The topological polar surface area (TPSA) is 42.1 Å². The van der Waals surface area contributed by atoms with Gasteiger partial charge in [-0.2, -0.15) is 0 Å². The molecule has 1 aromatic heterocycles. The minimum atomic E-state index is 0.580. The number of nitrogen functional groups attached to an aromatic ring is 1. The molecule has 1 fully saturated rings. The van der Waals surface area contributed by atoms with E-state index in [1.165, 1.54) is 12.1 Å². The molecule has 1 aliphatic heterocycles. The summed E-state index contributed by atoms with van der Waals surface area (Å²) in [6.07, 6.45) is 3.13. The summed E-state index contributed by atoms with van der Waals surface area (Å²) < 4.78 is 0. The Kier molecular flexibility index (Phi) is 2.21. The molecule has 0 saturated carbocycles. The van der Waals surface area contributed by atoms with Crippen molar-refractivity contribution in [2.45, 2.75) is 32.4 Å². The molecule has 2 atom stereocenters. The summed E-state index contributed by atoms with van der Waals surface area (Å²) >= 11 is 0. The highest BCUT2D eigenvalue weighted by Gasteiger charge is 2.31. The van der Waals surface area contributed by atoms with E-state index in [0.29, 0.717) is 17.9 Å². The van der Waals surface area contributed by atoms with Gasteiger partial charge in [0.25, 0.3) is 0 Å². The molecular formula is C14H17N3. The van der Waals surface area contributed by atoms with Crippen molar-refractivity contribution < 1.29 is 0 Å². The molecule has 2 heterocycles. The van der Waals surface area contributed by atoms with Crippen LogP contribution in [-0.4, -0.2) is 17.1 Å². The summed E-state index contributed by atoms with van der Waals surface area (Å²) in [7, 11) is 0. The largest absolute Gasteiger partial charge is 0.384 e. The van der Waals surface area contributed by atoms with Crippen LogP contribution < -0.4 is 10.6 Å². The summed E-state index contributed by atoms with van der Waals surface area (Å²) in [5, 5.41) is 2.31. The fraction of sp³-hybridized carbons (Fsp3) is 0.357. The fourth-order valence-electron chi connectivity index (χ4n) is 2.83. The first kappa shape index (κ1) is 10.4. The molecule has 0 radical (unpaired) electrons. The molecule has 3 rings (SSSR count). The van der Waals surface area contributed by atoms with Gasteiger partial charge in [-0.3, -0.25) is 0 Å². The number of hydrogen-bond acceptors (Lipinski definition) is 3. The van der Waals surface area contributed by atoms with Crippen LogP contribution >= 0.6 is 0 Å². The van der Waals surface area contributed by atoms with Gasteiger partial charge in [0.15, 0.2) is 0 Å². The van der Waals surface area contributed by atoms with E-state index >= 15 is 0 Å². The van der Waals surface area contributed by atoms with Crippen molar-refractivity contribution in [1.82, 2.24) is 4.98 Å². The van der Waals surface area contributed by atoms with Gasteiger partial charge in [0.05, 0.1) is 0 Å². The average molecular weight is 227 g/mol. The van der Waals surface area contributed by atoms with Gasteiger partial charge in [0, 0.05) is 29.4 Å². The Morgan fingerprint density at radius 2 is 1.94 bits per heavy atom. The first-order chi connectivity index (χ1) is 8.15. The van der Waals surface area contributed by atoms with Crippen LogP contribution in [0, 0.1) is 0 Å². The number of benzene rings is 1. The van der Waals surface area contributed by atoms with Crippen LogP contribution in [0.3, 0.4) is 0 Å². The van der Waals surface area contributed by atoms with Crippen LogP contribution in [0.15, 0.2) is 30.5 Å². The Morgan fingerprint density at radius 3 is 2.65 bits per heavy atom. The first-order valence-corrected chi connectivity index (χ1v) is 6.09. The van der Waals surface area contributed by atoms with Gasteiger partial charge in [-0.15, -0.1) is 0 Å². The highest BCUT2D eigenvalue weighted by molar-refractivity contribution is 5.87. The summed E-state index contributed by atoms with van der Waals surface area (Å²) in [4.78, 5) is 6.60. The standard InChI is InChI=1S/C14H17N3/c1-9-5-10(2)17(9)13-4-3-11-7-14(15)16-8-12(11)6-13/h3-4,6-10H,5H2,1-2H3,(H2,15,16). The van der Waals surface area contributed by atoms with Gasteiger partial charge in [-0.1, -0.05) is 6.07 Å². The van der Waals surface area contributed by atoms with Crippen molar-refractivity contribution in [3.63, 3.8) is 0 Å². The molecule has 3 nitrogen and oxygen atoms in total. The third kappa shape index (κ3) is 1.62. The maximum Gasteiger partial charge on any atom is 0.123 e. The second-order valence-electron chi connectivity index (χ2n) is 4.98. The van der Waals surface area contributed by atoms with Crippen molar-refractivity contribution in [2.24, 2.45) is 0 Å². The molecule has 2 unspecified atom stereocenters. The lowest BCUT2D eigenvalue weighted by Gasteiger charge is -2.47. The van der Waals surface area contributed by atoms with Crippen molar-refractivity contribution in [1.29, 1.82) is 0 Å². The third-order valence-corrected chi connectivity index (χ3v) is 3.66. The lowest BCUT2D eigenvalue weighted by atomic mass is 9.94. The van der Waals surface area contributed by atoms with E-state index in [4.69, 9.17) is 5.73 Å².